The molecule has 0 bridgehead atoms. The van der Waals surface area contributed by atoms with Gasteiger partial charge in [0, 0.05) is 18.7 Å². The van der Waals surface area contributed by atoms with E-state index in [1.165, 1.54) is 25.8 Å². The Morgan fingerprint density at radius 1 is 1.38 bits per heavy atom. The number of rotatable bonds is 7. The van der Waals surface area contributed by atoms with Crippen LogP contribution in [-0.4, -0.2) is 42.9 Å². The van der Waals surface area contributed by atoms with Gasteiger partial charge in [0.15, 0.2) is 0 Å². The number of hydrogen-bond acceptors (Lipinski definition) is 3. The van der Waals surface area contributed by atoms with Crippen LogP contribution in [0.5, 0.6) is 5.75 Å². The van der Waals surface area contributed by atoms with Crippen molar-refractivity contribution in [1.29, 1.82) is 0 Å². The molecule has 1 aliphatic carbocycles. The monoisotopic (exact) mass is 287 g/mol. The molecule has 3 nitrogen and oxygen atoms in total. The Bertz CT molecular complexity index is 485. The molecule has 0 spiro atoms. The van der Waals surface area contributed by atoms with E-state index < -0.39 is 0 Å². The van der Waals surface area contributed by atoms with Gasteiger partial charge >= 0.3 is 0 Å². The Hall–Kier alpha value is -1.50. The topological polar surface area (TPSA) is 32.7 Å². The molecule has 3 heteroatoms. The first-order chi connectivity index (χ1) is 10.3. The predicted molar refractivity (Wildman–Crippen MR) is 85.4 cm³/mol. The molecule has 1 aliphatic rings. The first-order valence-corrected chi connectivity index (χ1v) is 7.86. The average Bonchev–Trinajstić information content (AvgIpc) is 2.47. The van der Waals surface area contributed by atoms with Crippen molar-refractivity contribution >= 4 is 0 Å². The Balaban J connectivity index is 1.76. The zero-order valence-electron chi connectivity index (χ0n) is 12.8. The summed E-state index contributed by atoms with van der Waals surface area (Å²) in [5, 5.41) is 8.71. The fourth-order valence-electron chi connectivity index (χ4n) is 2.52. The third kappa shape index (κ3) is 5.41. The highest BCUT2D eigenvalue weighted by atomic mass is 16.5. The molecule has 1 N–H and O–H groups in total. The van der Waals surface area contributed by atoms with Crippen LogP contribution in [0, 0.1) is 17.8 Å². The summed E-state index contributed by atoms with van der Waals surface area (Å²) in [6, 6.07) is 7.73. The van der Waals surface area contributed by atoms with Crippen molar-refractivity contribution in [3.63, 3.8) is 0 Å². The van der Waals surface area contributed by atoms with Gasteiger partial charge in [-0.05, 0) is 43.5 Å². The van der Waals surface area contributed by atoms with Crippen molar-refractivity contribution in [3.05, 3.63) is 29.8 Å². The smallest absolute Gasteiger partial charge is 0.120 e. The summed E-state index contributed by atoms with van der Waals surface area (Å²) in [6.07, 6.45) is 4.19. The number of aliphatic hydroxyl groups is 1. The molecule has 21 heavy (non-hydrogen) atoms. The lowest BCUT2D eigenvalue weighted by Crippen LogP contribution is -2.35. The molecule has 0 amide bonds. The largest absolute Gasteiger partial charge is 0.492 e. The maximum Gasteiger partial charge on any atom is 0.120 e. The molecule has 1 fully saturated rings. The van der Waals surface area contributed by atoms with Crippen molar-refractivity contribution in [2.45, 2.75) is 26.2 Å². The van der Waals surface area contributed by atoms with Gasteiger partial charge in [-0.15, -0.1) is 0 Å². The van der Waals surface area contributed by atoms with Gasteiger partial charge in [-0.1, -0.05) is 31.3 Å². The molecule has 1 aromatic rings. The van der Waals surface area contributed by atoms with Crippen LogP contribution in [0.4, 0.5) is 0 Å². The number of nitrogens with zero attached hydrogens (tertiary/aromatic N) is 1. The summed E-state index contributed by atoms with van der Waals surface area (Å²) in [7, 11) is 0. The average molecular weight is 287 g/mol. The second kappa shape index (κ2) is 8.71. The Labute approximate surface area is 127 Å². The molecule has 0 unspecified atom stereocenters. The number of benzene rings is 1. The number of likely N-dealkylation sites (N-methyl/N-ethyl adjacent to an activating group) is 1. The van der Waals surface area contributed by atoms with Gasteiger partial charge in [-0.25, -0.2) is 0 Å². The molecule has 0 heterocycles. The number of aliphatic hydroxyl groups excluding tert-OH is 1. The van der Waals surface area contributed by atoms with Crippen molar-refractivity contribution in [1.82, 2.24) is 4.90 Å². The summed E-state index contributed by atoms with van der Waals surface area (Å²) in [6.45, 7) is 6.07. The van der Waals surface area contributed by atoms with E-state index in [4.69, 9.17) is 9.84 Å². The van der Waals surface area contributed by atoms with Gasteiger partial charge in [0.25, 0.3) is 0 Å². The second-order valence-electron chi connectivity index (χ2n) is 5.53. The quantitative estimate of drug-likeness (QED) is 0.782. The molecule has 2 rings (SSSR count). The molecule has 0 saturated heterocycles. The van der Waals surface area contributed by atoms with Crippen molar-refractivity contribution in [2.75, 3.05) is 32.8 Å². The minimum Gasteiger partial charge on any atom is -0.492 e. The Morgan fingerprint density at radius 3 is 2.90 bits per heavy atom. The van der Waals surface area contributed by atoms with Gasteiger partial charge in [0.2, 0.25) is 0 Å². The van der Waals surface area contributed by atoms with E-state index in [-0.39, 0.29) is 6.61 Å². The maximum absolute atomic E-state index is 8.71. The lowest BCUT2D eigenvalue weighted by atomic mass is 9.85. The van der Waals surface area contributed by atoms with Crippen LogP contribution in [-0.2, 0) is 0 Å². The first kappa shape index (κ1) is 15.9. The highest BCUT2D eigenvalue weighted by Crippen LogP contribution is 2.26. The molecule has 1 saturated carbocycles. The van der Waals surface area contributed by atoms with Crippen LogP contribution in [0.25, 0.3) is 0 Å². The number of ether oxygens (including phenoxy) is 1. The summed E-state index contributed by atoms with van der Waals surface area (Å²) in [5.74, 6) is 7.30. The van der Waals surface area contributed by atoms with E-state index in [0.29, 0.717) is 6.61 Å². The van der Waals surface area contributed by atoms with Gasteiger partial charge in [0.1, 0.15) is 19.0 Å². The van der Waals surface area contributed by atoms with Crippen LogP contribution < -0.4 is 4.74 Å². The molecule has 114 valence electrons. The van der Waals surface area contributed by atoms with E-state index in [9.17, 15) is 0 Å². The molecule has 0 atom stereocenters. The molecule has 0 aliphatic heterocycles. The highest BCUT2D eigenvalue weighted by molar-refractivity contribution is 5.39. The van der Waals surface area contributed by atoms with Crippen molar-refractivity contribution < 1.29 is 9.84 Å². The van der Waals surface area contributed by atoms with E-state index in [0.717, 1.165) is 30.3 Å². The molecular weight excluding hydrogens is 262 g/mol. The lowest BCUT2D eigenvalue weighted by Gasteiger charge is -2.31. The van der Waals surface area contributed by atoms with Crippen LogP contribution in [0.1, 0.15) is 31.7 Å². The fourth-order valence-corrected chi connectivity index (χ4v) is 2.52. The van der Waals surface area contributed by atoms with Crippen LogP contribution in [0.3, 0.4) is 0 Å². The third-order valence-electron chi connectivity index (χ3n) is 4.01. The predicted octanol–water partition coefficient (Wildman–Crippen LogP) is 2.53. The molecule has 1 aromatic carbocycles. The number of hydrogen-bond donors (Lipinski definition) is 1. The van der Waals surface area contributed by atoms with Gasteiger partial charge in [0.05, 0.1) is 0 Å². The molecule has 0 radical (unpaired) electrons. The fraction of sp³-hybridized carbons (Fsp3) is 0.556. The zero-order chi connectivity index (χ0) is 14.9. The molecular formula is C18H25NO2. The zero-order valence-corrected chi connectivity index (χ0v) is 12.8. The van der Waals surface area contributed by atoms with E-state index in [1.807, 2.05) is 24.3 Å². The van der Waals surface area contributed by atoms with Crippen molar-refractivity contribution in [3.8, 4) is 17.6 Å². The van der Waals surface area contributed by atoms with E-state index in [1.54, 1.807) is 0 Å². The Kier molecular flexibility index (Phi) is 6.59. The third-order valence-corrected chi connectivity index (χ3v) is 4.01. The second-order valence-corrected chi connectivity index (χ2v) is 5.53. The standard InChI is InChI=1S/C18H25NO2/c1-2-19(15-17-7-3-8-17)11-13-21-18-10-4-6-16(14-18)9-5-12-20/h4,6,10,14,17,20H,2-3,7-8,11-13,15H2,1H3. The summed E-state index contributed by atoms with van der Waals surface area (Å²) in [5.41, 5.74) is 0.878. The highest BCUT2D eigenvalue weighted by Gasteiger charge is 2.19. The van der Waals surface area contributed by atoms with Gasteiger partial charge in [-0.3, -0.25) is 4.90 Å². The van der Waals surface area contributed by atoms with Crippen LogP contribution in [0.2, 0.25) is 0 Å². The summed E-state index contributed by atoms with van der Waals surface area (Å²) >= 11 is 0. The lowest BCUT2D eigenvalue weighted by molar-refractivity contribution is 0.158. The van der Waals surface area contributed by atoms with Crippen molar-refractivity contribution in [2.24, 2.45) is 5.92 Å². The minimum absolute atomic E-state index is 0.113. The van der Waals surface area contributed by atoms with Crippen LogP contribution in [0.15, 0.2) is 24.3 Å². The normalized spacial score (nSPS) is 14.4. The summed E-state index contributed by atoms with van der Waals surface area (Å²) in [4.78, 5) is 2.47. The van der Waals surface area contributed by atoms with E-state index in [2.05, 4.69) is 23.7 Å². The van der Waals surface area contributed by atoms with E-state index >= 15 is 0 Å². The van der Waals surface area contributed by atoms with Gasteiger partial charge in [-0.2, -0.15) is 0 Å². The first-order valence-electron chi connectivity index (χ1n) is 7.86. The summed E-state index contributed by atoms with van der Waals surface area (Å²) < 4.78 is 5.82. The Morgan fingerprint density at radius 2 is 2.24 bits per heavy atom. The SMILES string of the molecule is CCN(CCOc1cccc(C#CCO)c1)CC1CCC1. The minimum atomic E-state index is -0.113. The maximum atomic E-state index is 8.71. The molecule has 0 aromatic heterocycles. The van der Waals surface area contributed by atoms with Gasteiger partial charge < -0.3 is 9.84 Å². The van der Waals surface area contributed by atoms with Crippen LogP contribution >= 0.6 is 0 Å².